The van der Waals surface area contributed by atoms with Gasteiger partial charge in [0.1, 0.15) is 5.69 Å². The summed E-state index contributed by atoms with van der Waals surface area (Å²) in [7, 11) is 0. The average molecular weight is 412 g/mol. The highest BCUT2D eigenvalue weighted by molar-refractivity contribution is 5.94. The second kappa shape index (κ2) is 6.74. The van der Waals surface area contributed by atoms with Crippen molar-refractivity contribution in [3.05, 3.63) is 70.5 Å². The van der Waals surface area contributed by atoms with Crippen LogP contribution in [0, 0.1) is 6.92 Å². The summed E-state index contributed by atoms with van der Waals surface area (Å²) < 4.78 is 2.26. The van der Waals surface area contributed by atoms with Crippen LogP contribution in [-0.2, 0) is 25.9 Å². The molecule has 1 aliphatic carbocycles. The van der Waals surface area contributed by atoms with Crippen molar-refractivity contribution in [3.8, 4) is 11.1 Å². The van der Waals surface area contributed by atoms with Crippen LogP contribution in [-0.4, -0.2) is 32.1 Å². The number of carbonyl (C=O) groups excluding carboxylic acids is 1. The van der Waals surface area contributed by atoms with E-state index in [9.17, 15) is 4.79 Å². The lowest BCUT2D eigenvalue weighted by molar-refractivity contribution is 0.0689. The predicted molar refractivity (Wildman–Crippen MR) is 122 cm³/mol. The molecule has 1 amide bonds. The normalized spacial score (nSPS) is 15.5. The van der Waals surface area contributed by atoms with Crippen molar-refractivity contribution in [2.75, 3.05) is 12.3 Å². The maximum Gasteiger partial charge on any atom is 0.270 e. The third kappa shape index (κ3) is 2.86. The fourth-order valence-electron chi connectivity index (χ4n) is 5.14. The maximum absolute atomic E-state index is 13.1. The number of aromatic nitrogens is 3. The van der Waals surface area contributed by atoms with Crippen LogP contribution in [0.5, 0.6) is 0 Å². The molecule has 2 aromatic carbocycles. The first-order valence-corrected chi connectivity index (χ1v) is 10.9. The van der Waals surface area contributed by atoms with Gasteiger partial charge in [0.05, 0.1) is 5.52 Å². The molecular weight excluding hydrogens is 386 g/mol. The molecule has 4 aromatic rings. The number of nitrogens with one attached hydrogen (secondary N) is 1. The quantitative estimate of drug-likeness (QED) is 0.533. The number of nitrogen functional groups attached to an aromatic ring is 1. The Morgan fingerprint density at radius 2 is 1.90 bits per heavy atom. The maximum atomic E-state index is 13.1. The predicted octanol–water partition coefficient (Wildman–Crippen LogP) is 4.07. The van der Waals surface area contributed by atoms with Gasteiger partial charge in [0.2, 0.25) is 0 Å². The van der Waals surface area contributed by atoms with Crippen LogP contribution in [0.2, 0.25) is 0 Å². The molecule has 31 heavy (non-hydrogen) atoms. The zero-order valence-corrected chi connectivity index (χ0v) is 17.6. The Kier molecular flexibility index (Phi) is 3.96. The van der Waals surface area contributed by atoms with Gasteiger partial charge >= 0.3 is 0 Å². The molecule has 0 saturated carbocycles. The van der Waals surface area contributed by atoms with Crippen LogP contribution in [0.15, 0.2) is 42.5 Å². The van der Waals surface area contributed by atoms with Crippen LogP contribution in [0.3, 0.4) is 0 Å². The molecule has 0 atom stereocenters. The molecular formula is C25H25N5O. The summed E-state index contributed by atoms with van der Waals surface area (Å²) in [5.41, 5.74) is 15.2. The number of rotatable bonds is 3. The molecule has 6 rings (SSSR count). The second-order valence-electron chi connectivity index (χ2n) is 8.74. The van der Waals surface area contributed by atoms with E-state index in [-0.39, 0.29) is 5.91 Å². The molecule has 0 unspecified atom stereocenters. The Labute approximate surface area is 180 Å². The van der Waals surface area contributed by atoms with Gasteiger partial charge in [-0.05, 0) is 72.2 Å². The summed E-state index contributed by atoms with van der Waals surface area (Å²) in [5.74, 6) is 0.676. The second-order valence-corrected chi connectivity index (χ2v) is 8.74. The summed E-state index contributed by atoms with van der Waals surface area (Å²) in [6.45, 7) is 4.44. The summed E-state index contributed by atoms with van der Waals surface area (Å²) >= 11 is 0. The van der Waals surface area contributed by atoms with E-state index in [0.717, 1.165) is 53.7 Å². The lowest BCUT2D eigenvalue weighted by Crippen LogP contribution is -2.40. The van der Waals surface area contributed by atoms with E-state index in [1.807, 2.05) is 11.0 Å². The van der Waals surface area contributed by atoms with Gasteiger partial charge in [-0.2, -0.15) is 5.10 Å². The van der Waals surface area contributed by atoms with Crippen molar-refractivity contribution in [1.82, 2.24) is 19.7 Å². The van der Waals surface area contributed by atoms with Crippen molar-refractivity contribution < 1.29 is 4.79 Å². The van der Waals surface area contributed by atoms with Crippen LogP contribution < -0.4 is 5.73 Å². The van der Waals surface area contributed by atoms with Gasteiger partial charge in [0.15, 0.2) is 5.82 Å². The smallest absolute Gasteiger partial charge is 0.270 e. The van der Waals surface area contributed by atoms with Crippen LogP contribution in [0.4, 0.5) is 5.82 Å². The number of aryl methyl sites for hydroxylation is 2. The number of hydrogen-bond donors (Lipinski definition) is 2. The molecule has 6 heteroatoms. The molecule has 156 valence electrons. The molecule has 0 saturated heterocycles. The van der Waals surface area contributed by atoms with Gasteiger partial charge in [-0.25, -0.2) is 0 Å². The fourth-order valence-corrected chi connectivity index (χ4v) is 5.14. The molecule has 0 fully saturated rings. The van der Waals surface area contributed by atoms with Crippen LogP contribution in [0.1, 0.15) is 39.3 Å². The van der Waals surface area contributed by atoms with Crippen molar-refractivity contribution >= 4 is 22.6 Å². The molecule has 2 aliphatic rings. The third-order valence-electron chi connectivity index (χ3n) is 6.89. The van der Waals surface area contributed by atoms with Crippen molar-refractivity contribution in [3.63, 3.8) is 0 Å². The Hall–Kier alpha value is -3.54. The summed E-state index contributed by atoms with van der Waals surface area (Å²) in [6, 6.07) is 14.8. The first-order chi connectivity index (χ1) is 15.1. The minimum absolute atomic E-state index is 0.157. The molecule has 0 spiro atoms. The number of amides is 1. The molecule has 0 bridgehead atoms. The Morgan fingerprint density at radius 1 is 1.06 bits per heavy atom. The Morgan fingerprint density at radius 3 is 2.77 bits per heavy atom. The van der Waals surface area contributed by atoms with Gasteiger partial charge in [-0.15, -0.1) is 0 Å². The van der Waals surface area contributed by atoms with E-state index in [4.69, 9.17) is 5.73 Å². The Balaban J connectivity index is 1.26. The molecule has 6 nitrogen and oxygen atoms in total. The van der Waals surface area contributed by atoms with Crippen molar-refractivity contribution in [2.45, 2.75) is 39.3 Å². The summed E-state index contributed by atoms with van der Waals surface area (Å²) in [6.07, 6.45) is 3.44. The largest absolute Gasteiger partial charge is 0.382 e. The van der Waals surface area contributed by atoms with Gasteiger partial charge < -0.3 is 15.2 Å². The van der Waals surface area contributed by atoms with Crippen LogP contribution >= 0.6 is 0 Å². The molecule has 3 heterocycles. The van der Waals surface area contributed by atoms with E-state index in [1.54, 1.807) is 0 Å². The number of carbonyl (C=O) groups is 1. The number of nitrogens with zero attached hydrogens (tertiary/aromatic N) is 3. The highest BCUT2D eigenvalue weighted by Gasteiger charge is 2.30. The first-order valence-electron chi connectivity index (χ1n) is 10.9. The summed E-state index contributed by atoms with van der Waals surface area (Å²) in [4.78, 5) is 15.1. The molecule has 0 radical (unpaired) electrons. The number of aromatic amines is 1. The Bertz CT molecular complexity index is 1350. The van der Waals surface area contributed by atoms with E-state index in [2.05, 4.69) is 58.1 Å². The molecule has 2 aromatic heterocycles. The summed E-state index contributed by atoms with van der Waals surface area (Å²) in [5, 5.41) is 7.96. The lowest BCUT2D eigenvalue weighted by Gasteiger charge is -2.30. The minimum Gasteiger partial charge on any atom is -0.382 e. The molecule has 1 aliphatic heterocycles. The van der Waals surface area contributed by atoms with Gasteiger partial charge in [0.25, 0.3) is 5.91 Å². The average Bonchev–Trinajstić information content (AvgIpc) is 3.47. The molecule has 3 N–H and O–H groups in total. The zero-order valence-electron chi connectivity index (χ0n) is 17.6. The number of benzene rings is 2. The zero-order chi connectivity index (χ0) is 21.1. The van der Waals surface area contributed by atoms with Crippen molar-refractivity contribution in [2.24, 2.45) is 0 Å². The highest BCUT2D eigenvalue weighted by Crippen LogP contribution is 2.31. The van der Waals surface area contributed by atoms with E-state index in [1.165, 1.54) is 28.8 Å². The number of H-pyrrole nitrogens is 1. The monoisotopic (exact) mass is 411 g/mol. The van der Waals surface area contributed by atoms with Gasteiger partial charge in [-0.3, -0.25) is 9.89 Å². The van der Waals surface area contributed by atoms with Gasteiger partial charge in [0, 0.05) is 30.7 Å². The topological polar surface area (TPSA) is 79.9 Å². The first kappa shape index (κ1) is 18.2. The van der Waals surface area contributed by atoms with Crippen molar-refractivity contribution in [1.29, 1.82) is 0 Å². The minimum atomic E-state index is 0.157. The fraction of sp³-hybridized carbons (Fsp3) is 0.280. The van der Waals surface area contributed by atoms with E-state index in [0.29, 0.717) is 12.4 Å². The third-order valence-corrected chi connectivity index (χ3v) is 6.89. The lowest BCUT2D eigenvalue weighted by atomic mass is 9.98. The number of nitrogens with two attached hydrogens (primary N) is 1. The van der Waals surface area contributed by atoms with Crippen LogP contribution in [0.25, 0.3) is 22.0 Å². The number of fused-ring (bicyclic) bond motifs is 4. The SMILES string of the molecule is Cc1cc(-c2ccc3[nH]nc(N)c3c2)ccc1CN1CCn2c(cc3c2CCC3)C1=O. The standard InChI is InChI=1S/C25H25N5O/c1-15-11-16(17-7-8-21-20(12-17)24(26)28-27-21)5-6-19(15)14-29-9-10-30-22-4-2-3-18(22)13-23(30)25(29)31/h5-8,11-13H,2-4,9-10,14H2,1H3,(H3,26,27,28). The number of hydrogen-bond acceptors (Lipinski definition) is 3. The van der Waals surface area contributed by atoms with E-state index >= 15 is 0 Å². The number of anilines is 1. The van der Waals surface area contributed by atoms with Gasteiger partial charge in [-0.1, -0.05) is 24.3 Å². The van der Waals surface area contributed by atoms with E-state index < -0.39 is 0 Å². The highest BCUT2D eigenvalue weighted by atomic mass is 16.2.